The predicted molar refractivity (Wildman–Crippen MR) is 14.2 cm³/mol. The Morgan fingerprint density at radius 3 is 2.25 bits per heavy atom. The Morgan fingerprint density at radius 1 is 2.00 bits per heavy atom. The van der Waals surface area contributed by atoms with E-state index < -0.39 is 0 Å². The molecule has 0 bridgehead atoms. The van der Waals surface area contributed by atoms with Crippen LogP contribution in [-0.2, 0) is 17.1 Å². The summed E-state index contributed by atoms with van der Waals surface area (Å²) in [6.07, 6.45) is 0. The fraction of sp³-hybridized carbons (Fsp3) is 1.00. The molecule has 0 saturated carbocycles. The van der Waals surface area contributed by atoms with Gasteiger partial charge in [-0.15, -0.1) is 0 Å². The normalized spacial score (nSPS) is 35.8. The zero-order valence-electron chi connectivity index (χ0n) is 2.99. The van der Waals surface area contributed by atoms with Gasteiger partial charge in [-0.3, -0.25) is 0 Å². The number of rotatable bonds is 0. The van der Waals surface area contributed by atoms with Crippen LogP contribution in [0.5, 0.6) is 0 Å². The van der Waals surface area contributed by atoms with E-state index in [9.17, 15) is 0 Å². The summed E-state index contributed by atoms with van der Waals surface area (Å²) in [6.45, 7) is 2.36. The molecule has 1 atom stereocenters. The van der Waals surface area contributed by atoms with Gasteiger partial charge in [0.2, 0.25) is 0 Å². The van der Waals surface area contributed by atoms with Crippen molar-refractivity contribution >= 4 is 0 Å². The van der Waals surface area contributed by atoms with Crippen LogP contribution in [0.25, 0.3) is 0 Å². The van der Waals surface area contributed by atoms with Gasteiger partial charge in [0.25, 0.3) is 0 Å². The molecule has 1 aliphatic rings. The summed E-state index contributed by atoms with van der Waals surface area (Å²) in [7, 11) is 0. The van der Waals surface area contributed by atoms with Crippen molar-refractivity contribution in [1.29, 1.82) is 0 Å². The summed E-state index contributed by atoms with van der Waals surface area (Å²) in [5.74, 6) is 0. The monoisotopic (exact) mass is 106 g/mol. The Bertz CT molecular complexity index is 22.5. The average molecular weight is 107 g/mol. The molecule has 0 aromatic rings. The van der Waals surface area contributed by atoms with E-state index in [1.54, 1.807) is 5.02 Å². The molecule has 1 unspecified atom stereocenters. The molecular formula is C3H6Zn. The molecule has 1 rings (SSSR count). The topological polar surface area (TPSA) is 0 Å². The molecule has 0 amide bonds. The van der Waals surface area contributed by atoms with Gasteiger partial charge in [0.05, 0.1) is 0 Å². The van der Waals surface area contributed by atoms with Crippen LogP contribution in [0, 0.1) is 0 Å². The first kappa shape index (κ1) is 2.84. The molecule has 1 fully saturated rings. The second-order valence-electron chi connectivity index (χ2n) is 1.68. The molecule has 0 aliphatic carbocycles. The Balaban J connectivity index is 2.17. The Labute approximate surface area is 34.2 Å². The minimum atomic E-state index is 0.278. The van der Waals surface area contributed by atoms with Gasteiger partial charge in [-0.2, -0.15) is 0 Å². The van der Waals surface area contributed by atoms with Crippen LogP contribution in [0.2, 0.25) is 9.53 Å². The third-order valence-electron chi connectivity index (χ3n) is 0.866. The maximum absolute atomic E-state index is 2.36. The zero-order chi connectivity index (χ0) is 2.99. The van der Waals surface area contributed by atoms with E-state index in [2.05, 4.69) is 6.92 Å². The van der Waals surface area contributed by atoms with Crippen LogP contribution < -0.4 is 0 Å². The van der Waals surface area contributed by atoms with E-state index in [4.69, 9.17) is 0 Å². The SMILES string of the molecule is C[CH]1[CH2][Zn]1. The molecule has 0 spiro atoms. The van der Waals surface area contributed by atoms with E-state index in [0.717, 1.165) is 0 Å². The van der Waals surface area contributed by atoms with Crippen LogP contribution in [0.15, 0.2) is 0 Å². The summed E-state index contributed by atoms with van der Waals surface area (Å²) in [6, 6.07) is 0. The van der Waals surface area contributed by atoms with Gasteiger partial charge in [-0.05, 0) is 0 Å². The molecule has 1 heterocycles. The van der Waals surface area contributed by atoms with E-state index in [1.165, 1.54) is 4.51 Å². The molecule has 0 radical (unpaired) electrons. The van der Waals surface area contributed by atoms with Gasteiger partial charge in [0.15, 0.2) is 0 Å². The van der Waals surface area contributed by atoms with E-state index >= 15 is 0 Å². The maximum atomic E-state index is 2.36. The Kier molecular flexibility index (Phi) is 0.560. The molecule has 0 nitrogen and oxygen atoms in total. The molecule has 1 saturated heterocycles. The first-order chi connectivity index (χ1) is 1.89. The number of hydrogen-bond donors (Lipinski definition) is 0. The van der Waals surface area contributed by atoms with Crippen LogP contribution >= 0.6 is 0 Å². The average Bonchev–Trinajstić information content (AvgIpc) is 1.75. The fourth-order valence-electron chi connectivity index (χ4n) is 0.167. The van der Waals surface area contributed by atoms with Crippen molar-refractivity contribution in [3.8, 4) is 0 Å². The summed E-state index contributed by atoms with van der Waals surface area (Å²) in [5, 5.41) is 1.67. The van der Waals surface area contributed by atoms with Crippen molar-refractivity contribution in [2.24, 2.45) is 0 Å². The zero-order valence-corrected chi connectivity index (χ0v) is 5.96. The molecule has 20 valence electrons. The van der Waals surface area contributed by atoms with Crippen LogP contribution in [-0.4, -0.2) is 0 Å². The predicted octanol–water partition coefficient (Wildman–Crippen LogP) is 1.31. The summed E-state index contributed by atoms with van der Waals surface area (Å²) in [4.78, 5) is 0. The fourth-order valence-corrected chi connectivity index (χ4v) is 0.866. The van der Waals surface area contributed by atoms with Crippen molar-refractivity contribution in [3.63, 3.8) is 0 Å². The molecular weight excluding hydrogens is 101 g/mol. The molecule has 1 heteroatoms. The molecule has 0 aromatic heterocycles. The van der Waals surface area contributed by atoms with Crippen molar-refractivity contribution in [3.05, 3.63) is 0 Å². The summed E-state index contributed by atoms with van der Waals surface area (Å²) >= 11 is 0.278. The molecule has 0 N–H and O–H groups in total. The second kappa shape index (κ2) is 0.789. The molecule has 4 heavy (non-hydrogen) atoms. The van der Waals surface area contributed by atoms with Gasteiger partial charge >= 0.3 is 33.6 Å². The molecule has 0 aromatic carbocycles. The number of hydrogen-bond acceptors (Lipinski definition) is 0. The van der Waals surface area contributed by atoms with E-state index in [0.29, 0.717) is 0 Å². The van der Waals surface area contributed by atoms with E-state index in [1.807, 2.05) is 0 Å². The van der Waals surface area contributed by atoms with Gasteiger partial charge in [-0.25, -0.2) is 0 Å². The van der Waals surface area contributed by atoms with E-state index in [-0.39, 0.29) is 17.1 Å². The Morgan fingerprint density at radius 2 is 2.25 bits per heavy atom. The van der Waals surface area contributed by atoms with Crippen molar-refractivity contribution in [2.75, 3.05) is 0 Å². The van der Waals surface area contributed by atoms with Crippen molar-refractivity contribution in [2.45, 2.75) is 16.5 Å². The quantitative estimate of drug-likeness (QED) is 0.410. The van der Waals surface area contributed by atoms with Crippen LogP contribution in [0.4, 0.5) is 0 Å². The van der Waals surface area contributed by atoms with Crippen molar-refractivity contribution in [1.82, 2.24) is 0 Å². The minimum absolute atomic E-state index is 0.278. The third-order valence-corrected chi connectivity index (χ3v) is 4.50. The van der Waals surface area contributed by atoms with Gasteiger partial charge in [0.1, 0.15) is 0 Å². The van der Waals surface area contributed by atoms with Gasteiger partial charge in [-0.1, -0.05) is 0 Å². The van der Waals surface area contributed by atoms with Crippen LogP contribution in [0.1, 0.15) is 6.92 Å². The Hall–Kier alpha value is 0.623. The summed E-state index contributed by atoms with van der Waals surface area (Å²) in [5.41, 5.74) is 0. The van der Waals surface area contributed by atoms with Crippen molar-refractivity contribution < 1.29 is 17.1 Å². The first-order valence-electron chi connectivity index (χ1n) is 1.89. The first-order valence-corrected chi connectivity index (χ1v) is 5.70. The standard InChI is InChI=1S/C3H6.Zn/c1-3-2;/h3H,1H2,2H3;. The van der Waals surface area contributed by atoms with Gasteiger partial charge < -0.3 is 0 Å². The second-order valence-corrected chi connectivity index (χ2v) is 7.03. The van der Waals surface area contributed by atoms with Crippen LogP contribution in [0.3, 0.4) is 0 Å². The summed E-state index contributed by atoms with van der Waals surface area (Å²) < 4.78 is 1.27. The van der Waals surface area contributed by atoms with Gasteiger partial charge in [0, 0.05) is 0 Å². The third kappa shape index (κ3) is 0.527. The molecule has 1 aliphatic heterocycles.